The monoisotopic (exact) mass is 214 g/mol. The van der Waals surface area contributed by atoms with Gasteiger partial charge in [0.25, 0.3) is 5.96 Å². The van der Waals surface area contributed by atoms with E-state index in [1.165, 1.54) is 9.80 Å². The summed E-state index contributed by atoms with van der Waals surface area (Å²) in [6, 6.07) is -0.165. The third-order valence-electron chi connectivity index (χ3n) is 2.44. The maximum atomic E-state index is 11.4. The van der Waals surface area contributed by atoms with Gasteiger partial charge in [-0.25, -0.2) is 19.9 Å². The minimum atomic E-state index is -0.700. The van der Waals surface area contributed by atoms with E-state index in [1.54, 1.807) is 14.1 Å². The van der Waals surface area contributed by atoms with Gasteiger partial charge in [-0.15, -0.1) is 0 Å². The zero-order valence-corrected chi connectivity index (χ0v) is 8.17. The number of likely N-dealkylation sites (N-methyl/N-ethyl adjacent to an activating group) is 2. The van der Waals surface area contributed by atoms with E-state index in [9.17, 15) is 14.9 Å². The maximum Gasteiger partial charge on any atom is 0.323 e. The van der Waals surface area contributed by atoms with Crippen molar-refractivity contribution in [2.75, 3.05) is 14.1 Å². The van der Waals surface area contributed by atoms with Crippen LogP contribution in [-0.2, 0) is 0 Å². The number of guanidine groups is 1. The third kappa shape index (κ3) is 1.32. The lowest BCUT2D eigenvalue weighted by molar-refractivity contribution is -0.525. The highest BCUT2D eigenvalue weighted by atomic mass is 16.7. The molecule has 2 rings (SSSR count). The maximum absolute atomic E-state index is 11.4. The number of aliphatic imine (C=N–C) groups is 1. The lowest BCUT2D eigenvalue weighted by Gasteiger charge is -2.16. The Labute approximate surface area is 84.9 Å². The number of hydrogen-bond donors (Lipinski definition) is 2. The van der Waals surface area contributed by atoms with Crippen molar-refractivity contribution in [3.63, 3.8) is 0 Å². The van der Waals surface area contributed by atoms with Gasteiger partial charge < -0.3 is 15.1 Å². The second-order valence-corrected chi connectivity index (χ2v) is 3.35. The van der Waals surface area contributed by atoms with Crippen LogP contribution in [0, 0.1) is 10.1 Å². The van der Waals surface area contributed by atoms with Crippen molar-refractivity contribution in [3.05, 3.63) is 10.1 Å². The number of carbonyl (C=O) groups is 1. The Kier molecular flexibility index (Phi) is 1.88. The number of nitrogens with zero attached hydrogens (tertiary/aromatic N) is 4. The van der Waals surface area contributed by atoms with Crippen molar-refractivity contribution in [1.29, 1.82) is 0 Å². The van der Waals surface area contributed by atoms with Crippen LogP contribution >= 0.6 is 0 Å². The lowest BCUT2D eigenvalue weighted by Crippen LogP contribution is -2.47. The summed E-state index contributed by atoms with van der Waals surface area (Å²) in [4.78, 5) is 28.5. The largest absolute Gasteiger partial charge is 0.328 e. The second kappa shape index (κ2) is 2.97. The van der Waals surface area contributed by atoms with Crippen molar-refractivity contribution in [2.45, 2.75) is 12.3 Å². The summed E-state index contributed by atoms with van der Waals surface area (Å²) in [5.74, 6) is 0.0706. The first-order chi connectivity index (χ1) is 7.00. The van der Waals surface area contributed by atoms with E-state index in [1.807, 2.05) is 5.43 Å². The molecule has 1 saturated heterocycles. The van der Waals surface area contributed by atoms with Crippen LogP contribution in [0.1, 0.15) is 0 Å². The molecule has 0 aromatic heterocycles. The lowest BCUT2D eigenvalue weighted by atomic mass is 10.4. The number of nitro groups is 1. The second-order valence-electron chi connectivity index (χ2n) is 3.35. The molecule has 9 nitrogen and oxygen atoms in total. The highest BCUT2D eigenvalue weighted by Crippen LogP contribution is 2.22. The topological polar surface area (TPSA) is 103 Å². The van der Waals surface area contributed by atoms with Crippen molar-refractivity contribution >= 4 is 12.0 Å². The summed E-state index contributed by atoms with van der Waals surface area (Å²) in [6.45, 7) is 0. The molecule has 1 fully saturated rings. The summed E-state index contributed by atoms with van der Waals surface area (Å²) >= 11 is 0. The predicted octanol–water partition coefficient (Wildman–Crippen LogP) is -1.62. The molecule has 9 heteroatoms. The molecule has 82 valence electrons. The molecule has 2 aliphatic rings. The molecule has 2 heterocycles. The smallest absolute Gasteiger partial charge is 0.323 e. The fourth-order valence-electron chi connectivity index (χ4n) is 1.68. The van der Waals surface area contributed by atoms with Crippen LogP contribution in [0.25, 0.3) is 0 Å². The van der Waals surface area contributed by atoms with Crippen molar-refractivity contribution in [3.8, 4) is 0 Å². The quantitative estimate of drug-likeness (QED) is 0.403. The zero-order valence-electron chi connectivity index (χ0n) is 8.17. The zero-order chi connectivity index (χ0) is 11.2. The van der Waals surface area contributed by atoms with E-state index in [4.69, 9.17) is 0 Å². The number of rotatable bonds is 1. The van der Waals surface area contributed by atoms with E-state index in [0.29, 0.717) is 0 Å². The average Bonchev–Trinajstić information content (AvgIpc) is 2.63. The van der Waals surface area contributed by atoms with Gasteiger partial charge in [0.15, 0.2) is 11.2 Å². The highest BCUT2D eigenvalue weighted by molar-refractivity contribution is 5.85. The minimum Gasteiger partial charge on any atom is -0.328 e. The molecule has 0 aromatic carbocycles. The first-order valence-corrected chi connectivity index (χ1v) is 4.25. The first kappa shape index (κ1) is 9.49. The van der Waals surface area contributed by atoms with Crippen LogP contribution in [-0.4, -0.2) is 53.2 Å². The van der Waals surface area contributed by atoms with E-state index < -0.39 is 11.2 Å². The number of amides is 2. The standard InChI is InChI=1S/C6H10N6O3/c1-10-3-4(11(2)6(10)13)8-5(7-3)9-12(14)15/h3-4H,1-2H3,(H2,7,8,9). The van der Waals surface area contributed by atoms with Crippen molar-refractivity contribution < 1.29 is 9.83 Å². The van der Waals surface area contributed by atoms with Crippen molar-refractivity contribution in [2.24, 2.45) is 4.99 Å². The van der Waals surface area contributed by atoms with Crippen LogP contribution in [0.4, 0.5) is 4.79 Å². The summed E-state index contributed by atoms with van der Waals surface area (Å²) in [6.07, 6.45) is -0.755. The van der Waals surface area contributed by atoms with E-state index >= 15 is 0 Å². The Morgan fingerprint density at radius 1 is 1.53 bits per heavy atom. The molecule has 2 atom stereocenters. The normalized spacial score (nSPS) is 28.7. The van der Waals surface area contributed by atoms with Gasteiger partial charge >= 0.3 is 6.03 Å². The number of hydrogen-bond acceptors (Lipinski definition) is 5. The molecule has 0 aliphatic carbocycles. The van der Waals surface area contributed by atoms with Gasteiger partial charge in [0.1, 0.15) is 6.17 Å². The fraction of sp³-hybridized carbons (Fsp3) is 0.667. The molecule has 0 aromatic rings. The Balaban J connectivity index is 2.15. The van der Waals surface area contributed by atoms with E-state index in [2.05, 4.69) is 10.3 Å². The summed E-state index contributed by atoms with van der Waals surface area (Å²) in [5.41, 5.74) is 1.92. The molecule has 15 heavy (non-hydrogen) atoms. The summed E-state index contributed by atoms with van der Waals surface area (Å²) in [5, 5.41) is 12.2. The Hall–Kier alpha value is -2.06. The molecule has 2 N–H and O–H groups in total. The van der Waals surface area contributed by atoms with Gasteiger partial charge in [0.2, 0.25) is 0 Å². The molecule has 0 radical (unpaired) electrons. The van der Waals surface area contributed by atoms with Gasteiger partial charge in [-0.3, -0.25) is 0 Å². The number of nitrogens with one attached hydrogen (secondary N) is 2. The third-order valence-corrected chi connectivity index (χ3v) is 2.44. The first-order valence-electron chi connectivity index (χ1n) is 4.25. The van der Waals surface area contributed by atoms with Crippen LogP contribution in [0.2, 0.25) is 0 Å². The predicted molar refractivity (Wildman–Crippen MR) is 49.2 cm³/mol. The number of carbonyl (C=O) groups excluding carboxylic acids is 1. The SMILES string of the molecule is CN1C(=O)N(C)C2NC(N[N+](=O)[O-])=NC21. The molecule has 0 spiro atoms. The van der Waals surface area contributed by atoms with E-state index in [0.717, 1.165) is 0 Å². The molecule has 0 saturated carbocycles. The minimum absolute atomic E-state index is 0.0706. The number of fused-ring (bicyclic) bond motifs is 1. The Morgan fingerprint density at radius 2 is 2.20 bits per heavy atom. The van der Waals surface area contributed by atoms with E-state index in [-0.39, 0.29) is 18.2 Å². The van der Waals surface area contributed by atoms with Crippen molar-refractivity contribution in [1.82, 2.24) is 20.5 Å². The molecule has 0 bridgehead atoms. The Bertz CT molecular complexity index is 355. The molecule has 2 amide bonds. The number of hydrazine groups is 1. The van der Waals surface area contributed by atoms with Crippen LogP contribution in [0.3, 0.4) is 0 Å². The molecule has 2 unspecified atom stereocenters. The van der Waals surface area contributed by atoms with Gasteiger partial charge in [0.05, 0.1) is 0 Å². The van der Waals surface area contributed by atoms with Crippen LogP contribution in [0.15, 0.2) is 4.99 Å². The van der Waals surface area contributed by atoms with Crippen LogP contribution < -0.4 is 10.7 Å². The van der Waals surface area contributed by atoms with Gasteiger partial charge in [0, 0.05) is 14.1 Å². The Morgan fingerprint density at radius 3 is 2.73 bits per heavy atom. The summed E-state index contributed by atoms with van der Waals surface area (Å²) in [7, 11) is 3.21. The van der Waals surface area contributed by atoms with Gasteiger partial charge in [-0.2, -0.15) is 0 Å². The summed E-state index contributed by atoms with van der Waals surface area (Å²) < 4.78 is 0. The molecular formula is C6H10N6O3. The fourth-order valence-corrected chi connectivity index (χ4v) is 1.68. The molecule has 2 aliphatic heterocycles. The van der Waals surface area contributed by atoms with Gasteiger partial charge in [-0.1, -0.05) is 5.43 Å². The average molecular weight is 214 g/mol. The van der Waals surface area contributed by atoms with Crippen LogP contribution in [0.5, 0.6) is 0 Å². The highest BCUT2D eigenvalue weighted by Gasteiger charge is 2.46. The number of urea groups is 1. The molecular weight excluding hydrogens is 204 g/mol. The van der Waals surface area contributed by atoms with Gasteiger partial charge in [-0.05, 0) is 0 Å².